The Morgan fingerprint density at radius 3 is 2.83 bits per heavy atom. The van der Waals surface area contributed by atoms with Gasteiger partial charge >= 0.3 is 6.09 Å². The number of aromatic nitrogens is 1. The van der Waals surface area contributed by atoms with Gasteiger partial charge in [-0.2, -0.15) is 0 Å². The number of alkyl carbamates (subject to hydrolysis) is 1. The van der Waals surface area contributed by atoms with Crippen molar-refractivity contribution in [3.63, 3.8) is 0 Å². The van der Waals surface area contributed by atoms with E-state index >= 15 is 0 Å². The SMILES string of the molecule is CCOC(=O)NCCC(=O)NCC(C)c1nc2ccccc2s1. The molecule has 0 aliphatic rings. The summed E-state index contributed by atoms with van der Waals surface area (Å²) in [5.74, 6) is 0.0455. The molecule has 7 heteroatoms. The van der Waals surface area contributed by atoms with Crippen LogP contribution in [0.4, 0.5) is 4.79 Å². The Bertz CT molecular complexity index is 638. The van der Waals surface area contributed by atoms with Gasteiger partial charge < -0.3 is 15.4 Å². The molecule has 2 N–H and O–H groups in total. The number of hydrogen-bond acceptors (Lipinski definition) is 5. The lowest BCUT2D eigenvalue weighted by Gasteiger charge is -2.10. The van der Waals surface area contributed by atoms with E-state index in [9.17, 15) is 9.59 Å². The zero-order valence-corrected chi connectivity index (χ0v) is 14.1. The van der Waals surface area contributed by atoms with E-state index in [2.05, 4.69) is 15.6 Å². The second kappa shape index (κ2) is 8.47. The number of benzene rings is 1. The summed E-state index contributed by atoms with van der Waals surface area (Å²) >= 11 is 1.65. The summed E-state index contributed by atoms with van der Waals surface area (Å²) in [5, 5.41) is 6.40. The van der Waals surface area contributed by atoms with Crippen LogP contribution in [0.15, 0.2) is 24.3 Å². The highest BCUT2D eigenvalue weighted by Gasteiger charge is 2.13. The van der Waals surface area contributed by atoms with E-state index < -0.39 is 6.09 Å². The quantitative estimate of drug-likeness (QED) is 0.815. The summed E-state index contributed by atoms with van der Waals surface area (Å²) in [6.45, 7) is 4.88. The van der Waals surface area contributed by atoms with Crippen LogP contribution in [0.5, 0.6) is 0 Å². The molecule has 1 aromatic heterocycles. The van der Waals surface area contributed by atoms with E-state index in [-0.39, 0.29) is 24.8 Å². The number of hydrogen-bond donors (Lipinski definition) is 2. The molecule has 1 aromatic carbocycles. The third-order valence-electron chi connectivity index (χ3n) is 3.23. The monoisotopic (exact) mass is 335 g/mol. The fourth-order valence-corrected chi connectivity index (χ4v) is 3.02. The first kappa shape index (κ1) is 17.2. The number of nitrogens with zero attached hydrogens (tertiary/aromatic N) is 1. The fourth-order valence-electron chi connectivity index (χ4n) is 2.00. The Balaban J connectivity index is 1.74. The number of thiazole rings is 1. The van der Waals surface area contributed by atoms with Gasteiger partial charge in [-0.25, -0.2) is 9.78 Å². The number of amides is 2. The molecule has 2 aromatic rings. The molecule has 0 saturated heterocycles. The van der Waals surface area contributed by atoms with Gasteiger partial charge in [-0.15, -0.1) is 11.3 Å². The average Bonchev–Trinajstić information content (AvgIpc) is 2.97. The van der Waals surface area contributed by atoms with Gasteiger partial charge in [0.25, 0.3) is 0 Å². The standard InChI is InChI=1S/C16H21N3O3S/c1-3-22-16(21)17-9-8-14(20)18-10-11(2)15-19-12-6-4-5-7-13(12)23-15/h4-7,11H,3,8-10H2,1-2H3,(H,17,21)(H,18,20). The summed E-state index contributed by atoms with van der Waals surface area (Å²) in [4.78, 5) is 27.4. The molecular formula is C16H21N3O3S. The molecule has 124 valence electrons. The van der Waals surface area contributed by atoms with Crippen molar-refractivity contribution in [3.05, 3.63) is 29.3 Å². The van der Waals surface area contributed by atoms with E-state index in [0.717, 1.165) is 15.2 Å². The molecule has 0 bridgehead atoms. The number of carbonyl (C=O) groups excluding carboxylic acids is 2. The van der Waals surface area contributed by atoms with E-state index in [4.69, 9.17) is 4.74 Å². The van der Waals surface area contributed by atoms with Gasteiger partial charge in [-0.05, 0) is 19.1 Å². The van der Waals surface area contributed by atoms with Crippen LogP contribution in [-0.2, 0) is 9.53 Å². The number of ether oxygens (including phenoxy) is 1. The van der Waals surface area contributed by atoms with Crippen LogP contribution >= 0.6 is 11.3 Å². The largest absolute Gasteiger partial charge is 0.450 e. The lowest BCUT2D eigenvalue weighted by molar-refractivity contribution is -0.121. The molecule has 1 unspecified atom stereocenters. The molecule has 0 fully saturated rings. The first-order valence-corrected chi connectivity index (χ1v) is 8.44. The summed E-state index contributed by atoms with van der Waals surface area (Å²) in [5.41, 5.74) is 0.990. The normalized spacial score (nSPS) is 11.9. The lowest BCUT2D eigenvalue weighted by atomic mass is 10.2. The van der Waals surface area contributed by atoms with Gasteiger partial charge in [0.05, 0.1) is 21.8 Å². The summed E-state index contributed by atoms with van der Waals surface area (Å²) < 4.78 is 5.87. The minimum atomic E-state index is -0.497. The van der Waals surface area contributed by atoms with Crippen molar-refractivity contribution in [2.75, 3.05) is 19.7 Å². The second-order valence-electron chi connectivity index (χ2n) is 5.12. The molecule has 2 rings (SSSR count). The van der Waals surface area contributed by atoms with Gasteiger partial charge in [-0.1, -0.05) is 19.1 Å². The van der Waals surface area contributed by atoms with Crippen LogP contribution in [0.3, 0.4) is 0 Å². The molecule has 0 aliphatic heterocycles. The van der Waals surface area contributed by atoms with E-state index in [1.165, 1.54) is 0 Å². The highest BCUT2D eigenvalue weighted by atomic mass is 32.1. The molecule has 6 nitrogen and oxygen atoms in total. The third kappa shape index (κ3) is 5.21. The van der Waals surface area contributed by atoms with Crippen LogP contribution in [0.1, 0.15) is 31.2 Å². The first-order chi connectivity index (χ1) is 11.1. The maximum absolute atomic E-state index is 11.8. The summed E-state index contributed by atoms with van der Waals surface area (Å²) in [6, 6.07) is 7.99. The number of rotatable bonds is 7. The molecule has 0 saturated carbocycles. The topological polar surface area (TPSA) is 80.3 Å². The third-order valence-corrected chi connectivity index (χ3v) is 4.50. The van der Waals surface area contributed by atoms with Crippen molar-refractivity contribution in [3.8, 4) is 0 Å². The molecule has 0 radical (unpaired) electrons. The van der Waals surface area contributed by atoms with Gasteiger partial charge in [0.2, 0.25) is 5.91 Å². The Morgan fingerprint density at radius 2 is 2.09 bits per heavy atom. The molecule has 0 spiro atoms. The average molecular weight is 335 g/mol. The van der Waals surface area contributed by atoms with Crippen LogP contribution < -0.4 is 10.6 Å². The maximum atomic E-state index is 11.8. The summed E-state index contributed by atoms with van der Waals surface area (Å²) in [7, 11) is 0. The zero-order valence-electron chi connectivity index (χ0n) is 13.3. The number of fused-ring (bicyclic) bond motifs is 1. The molecular weight excluding hydrogens is 314 g/mol. The van der Waals surface area contributed by atoms with Crippen LogP contribution in [0.25, 0.3) is 10.2 Å². The highest BCUT2D eigenvalue weighted by Crippen LogP contribution is 2.26. The Hall–Kier alpha value is -2.15. The zero-order chi connectivity index (χ0) is 16.7. The molecule has 1 atom stereocenters. The van der Waals surface area contributed by atoms with Crippen molar-refractivity contribution in [1.29, 1.82) is 0 Å². The van der Waals surface area contributed by atoms with E-state index in [1.54, 1.807) is 18.3 Å². The lowest BCUT2D eigenvalue weighted by Crippen LogP contribution is -2.32. The fraction of sp³-hybridized carbons (Fsp3) is 0.438. The predicted octanol–water partition coefficient (Wildman–Crippen LogP) is 2.65. The molecule has 2 amide bonds. The van der Waals surface area contributed by atoms with Crippen LogP contribution in [0.2, 0.25) is 0 Å². The summed E-state index contributed by atoms with van der Waals surface area (Å²) in [6.07, 6.45) is -0.270. The van der Waals surface area contributed by atoms with Gasteiger partial charge in [0, 0.05) is 25.4 Å². The first-order valence-electron chi connectivity index (χ1n) is 7.63. The Kier molecular flexibility index (Phi) is 6.34. The molecule has 1 heterocycles. The molecule has 0 aliphatic carbocycles. The van der Waals surface area contributed by atoms with Crippen molar-refractivity contribution in [1.82, 2.24) is 15.6 Å². The van der Waals surface area contributed by atoms with Gasteiger partial charge in [0.15, 0.2) is 0 Å². The number of nitrogens with one attached hydrogen (secondary N) is 2. The van der Waals surface area contributed by atoms with Crippen molar-refractivity contribution < 1.29 is 14.3 Å². The van der Waals surface area contributed by atoms with Gasteiger partial charge in [0.1, 0.15) is 0 Å². The highest BCUT2D eigenvalue weighted by molar-refractivity contribution is 7.18. The Labute approximate surface area is 139 Å². The number of para-hydroxylation sites is 1. The maximum Gasteiger partial charge on any atom is 0.407 e. The van der Waals surface area contributed by atoms with Crippen LogP contribution in [0, 0.1) is 0 Å². The smallest absolute Gasteiger partial charge is 0.407 e. The van der Waals surface area contributed by atoms with E-state index in [1.807, 2.05) is 31.2 Å². The van der Waals surface area contributed by atoms with Crippen molar-refractivity contribution >= 4 is 33.6 Å². The predicted molar refractivity (Wildman–Crippen MR) is 90.7 cm³/mol. The number of carbonyl (C=O) groups is 2. The van der Waals surface area contributed by atoms with Crippen LogP contribution in [-0.4, -0.2) is 36.7 Å². The Morgan fingerprint density at radius 1 is 1.30 bits per heavy atom. The van der Waals surface area contributed by atoms with Crippen molar-refractivity contribution in [2.45, 2.75) is 26.2 Å². The minimum absolute atomic E-state index is 0.102. The second-order valence-corrected chi connectivity index (χ2v) is 6.18. The molecule has 23 heavy (non-hydrogen) atoms. The van der Waals surface area contributed by atoms with Crippen molar-refractivity contribution in [2.24, 2.45) is 0 Å². The van der Waals surface area contributed by atoms with Gasteiger partial charge in [-0.3, -0.25) is 4.79 Å². The van der Waals surface area contributed by atoms with E-state index in [0.29, 0.717) is 13.2 Å². The minimum Gasteiger partial charge on any atom is -0.450 e.